The highest BCUT2D eigenvalue weighted by Gasteiger charge is 2.46. The lowest BCUT2D eigenvalue weighted by Gasteiger charge is -2.35. The molecule has 0 bridgehead atoms. The van der Waals surface area contributed by atoms with Crippen LogP contribution in [0.2, 0.25) is 0 Å². The number of hydrogen-bond acceptors (Lipinski definition) is 1. The minimum absolute atomic E-state index is 0.0399. The highest BCUT2D eigenvalue weighted by atomic mass is 16.3. The summed E-state index contributed by atoms with van der Waals surface area (Å²) >= 11 is 0. The van der Waals surface area contributed by atoms with Crippen LogP contribution in [0.5, 0.6) is 0 Å². The second kappa shape index (κ2) is 2.53. The van der Waals surface area contributed by atoms with E-state index in [0.29, 0.717) is 6.42 Å². The van der Waals surface area contributed by atoms with Crippen molar-refractivity contribution in [3.05, 3.63) is 0 Å². The van der Waals surface area contributed by atoms with Gasteiger partial charge in [-0.2, -0.15) is 0 Å². The van der Waals surface area contributed by atoms with Gasteiger partial charge in [-0.3, -0.25) is 0 Å². The molecule has 0 saturated heterocycles. The smallest absolute Gasteiger partial charge is 0.0682 e. The first-order chi connectivity index (χ1) is 5.02. The van der Waals surface area contributed by atoms with Crippen molar-refractivity contribution in [1.82, 2.24) is 0 Å². The van der Waals surface area contributed by atoms with E-state index in [-0.39, 0.29) is 5.41 Å². The van der Waals surface area contributed by atoms with E-state index in [2.05, 4.69) is 12.8 Å². The molecule has 0 aromatic heterocycles. The van der Waals surface area contributed by atoms with Gasteiger partial charge in [0.25, 0.3) is 0 Å². The van der Waals surface area contributed by atoms with E-state index in [9.17, 15) is 5.11 Å². The van der Waals surface area contributed by atoms with E-state index < -0.39 is 5.60 Å². The minimum Gasteiger partial charge on any atom is -0.390 e. The van der Waals surface area contributed by atoms with Gasteiger partial charge in [0.2, 0.25) is 0 Å². The highest BCUT2D eigenvalue weighted by molar-refractivity contribution is 5.04. The Bertz CT molecular complexity index is 188. The third-order valence-electron chi connectivity index (χ3n) is 3.18. The molecule has 11 heavy (non-hydrogen) atoms. The van der Waals surface area contributed by atoms with Gasteiger partial charge in [-0.15, -0.1) is 12.3 Å². The van der Waals surface area contributed by atoms with Gasteiger partial charge >= 0.3 is 0 Å². The Kier molecular flexibility index (Phi) is 1.98. The lowest BCUT2D eigenvalue weighted by atomic mass is 9.75. The summed E-state index contributed by atoms with van der Waals surface area (Å²) < 4.78 is 0. The molecule has 62 valence electrons. The lowest BCUT2D eigenvalue weighted by Crippen LogP contribution is -2.38. The largest absolute Gasteiger partial charge is 0.390 e. The average Bonchev–Trinajstić information content (AvgIpc) is 2.09. The van der Waals surface area contributed by atoms with E-state index in [4.69, 9.17) is 6.42 Å². The molecule has 0 aromatic carbocycles. The Morgan fingerprint density at radius 2 is 2.09 bits per heavy atom. The third kappa shape index (κ3) is 1.28. The summed E-state index contributed by atoms with van der Waals surface area (Å²) in [7, 11) is 0. The zero-order chi connectivity index (χ0) is 8.54. The molecular formula is C10H16O. The van der Waals surface area contributed by atoms with Crippen LogP contribution in [0.15, 0.2) is 0 Å². The van der Waals surface area contributed by atoms with E-state index in [1.54, 1.807) is 0 Å². The first-order valence-corrected chi connectivity index (χ1v) is 4.18. The molecule has 2 unspecified atom stereocenters. The van der Waals surface area contributed by atoms with Crippen LogP contribution in [0, 0.1) is 17.8 Å². The van der Waals surface area contributed by atoms with Gasteiger partial charge in [0.15, 0.2) is 0 Å². The van der Waals surface area contributed by atoms with Crippen molar-refractivity contribution >= 4 is 0 Å². The van der Waals surface area contributed by atoms with Crippen molar-refractivity contribution in [2.75, 3.05) is 0 Å². The molecule has 0 spiro atoms. The summed E-state index contributed by atoms with van der Waals surface area (Å²) in [6.07, 6.45) is 9.00. The standard InChI is InChI=1S/C10H16O/c1-4-6-9(2)7-5-8-10(9,3)11/h1,11H,5-8H2,2-3H3. The molecule has 1 N–H and O–H groups in total. The van der Waals surface area contributed by atoms with Crippen molar-refractivity contribution in [3.8, 4) is 12.3 Å². The lowest BCUT2D eigenvalue weighted by molar-refractivity contribution is -0.0327. The summed E-state index contributed by atoms with van der Waals surface area (Å²) in [6.45, 7) is 3.98. The minimum atomic E-state index is -0.542. The van der Waals surface area contributed by atoms with Crippen LogP contribution in [-0.2, 0) is 0 Å². The molecule has 1 saturated carbocycles. The fourth-order valence-corrected chi connectivity index (χ4v) is 1.90. The normalized spacial score (nSPS) is 43.8. The number of aliphatic hydroxyl groups is 1. The van der Waals surface area contributed by atoms with E-state index in [1.807, 2.05) is 6.92 Å². The monoisotopic (exact) mass is 152 g/mol. The van der Waals surface area contributed by atoms with Gasteiger partial charge in [-0.05, 0) is 26.2 Å². The fraction of sp³-hybridized carbons (Fsp3) is 0.800. The molecule has 0 heterocycles. The van der Waals surface area contributed by atoms with Gasteiger partial charge in [0, 0.05) is 11.8 Å². The van der Waals surface area contributed by atoms with Crippen LogP contribution in [0.1, 0.15) is 39.5 Å². The maximum absolute atomic E-state index is 9.95. The van der Waals surface area contributed by atoms with Crippen molar-refractivity contribution in [2.24, 2.45) is 5.41 Å². The summed E-state index contributed by atoms with van der Waals surface area (Å²) in [5.74, 6) is 2.65. The molecule has 0 amide bonds. The molecule has 1 aliphatic rings. The topological polar surface area (TPSA) is 20.2 Å². The second-order valence-electron chi connectivity index (χ2n) is 4.07. The third-order valence-corrected chi connectivity index (χ3v) is 3.18. The summed E-state index contributed by atoms with van der Waals surface area (Å²) in [5.41, 5.74) is -0.582. The first-order valence-electron chi connectivity index (χ1n) is 4.18. The summed E-state index contributed by atoms with van der Waals surface area (Å²) in [5, 5.41) is 9.95. The van der Waals surface area contributed by atoms with Gasteiger partial charge in [-0.25, -0.2) is 0 Å². The van der Waals surface area contributed by atoms with Crippen molar-refractivity contribution in [3.63, 3.8) is 0 Å². The Morgan fingerprint density at radius 3 is 2.45 bits per heavy atom. The van der Waals surface area contributed by atoms with E-state index in [1.165, 1.54) is 0 Å². The molecule has 0 aliphatic heterocycles. The molecule has 0 aromatic rings. The molecule has 1 nitrogen and oxygen atoms in total. The van der Waals surface area contributed by atoms with Crippen LogP contribution < -0.4 is 0 Å². The number of rotatable bonds is 1. The Morgan fingerprint density at radius 1 is 1.45 bits per heavy atom. The molecule has 1 rings (SSSR count). The van der Waals surface area contributed by atoms with E-state index >= 15 is 0 Å². The molecule has 1 heteroatoms. The average molecular weight is 152 g/mol. The number of hydrogen-bond donors (Lipinski definition) is 1. The van der Waals surface area contributed by atoms with Crippen LogP contribution in [0.3, 0.4) is 0 Å². The van der Waals surface area contributed by atoms with Crippen LogP contribution in [0.4, 0.5) is 0 Å². The molecule has 2 atom stereocenters. The predicted octanol–water partition coefficient (Wildman–Crippen LogP) is 1.95. The van der Waals surface area contributed by atoms with Gasteiger partial charge < -0.3 is 5.11 Å². The zero-order valence-corrected chi connectivity index (χ0v) is 7.35. The Labute approximate surface area is 68.8 Å². The SMILES string of the molecule is C#CCC1(C)CCCC1(C)O. The predicted molar refractivity (Wildman–Crippen MR) is 46.0 cm³/mol. The van der Waals surface area contributed by atoms with Crippen molar-refractivity contribution in [2.45, 2.75) is 45.1 Å². The van der Waals surface area contributed by atoms with E-state index in [0.717, 1.165) is 19.3 Å². The Balaban J connectivity index is 2.77. The fourth-order valence-electron chi connectivity index (χ4n) is 1.90. The molecule has 1 fully saturated rings. The van der Waals surface area contributed by atoms with Crippen molar-refractivity contribution < 1.29 is 5.11 Å². The van der Waals surface area contributed by atoms with Crippen LogP contribution in [-0.4, -0.2) is 10.7 Å². The second-order valence-corrected chi connectivity index (χ2v) is 4.07. The Hall–Kier alpha value is -0.480. The first kappa shape index (κ1) is 8.62. The highest BCUT2D eigenvalue weighted by Crippen LogP contribution is 2.47. The quantitative estimate of drug-likeness (QED) is 0.569. The molecule has 0 radical (unpaired) electrons. The maximum Gasteiger partial charge on any atom is 0.0682 e. The summed E-state index contributed by atoms with van der Waals surface area (Å²) in [6, 6.07) is 0. The maximum atomic E-state index is 9.95. The zero-order valence-electron chi connectivity index (χ0n) is 7.35. The van der Waals surface area contributed by atoms with Gasteiger partial charge in [-0.1, -0.05) is 6.92 Å². The van der Waals surface area contributed by atoms with Gasteiger partial charge in [0.1, 0.15) is 0 Å². The number of terminal acetylenes is 1. The molecule has 1 aliphatic carbocycles. The summed E-state index contributed by atoms with van der Waals surface area (Å²) in [4.78, 5) is 0. The van der Waals surface area contributed by atoms with Crippen LogP contribution >= 0.6 is 0 Å². The molecular weight excluding hydrogens is 136 g/mol. The van der Waals surface area contributed by atoms with Crippen molar-refractivity contribution in [1.29, 1.82) is 0 Å². The van der Waals surface area contributed by atoms with Crippen LogP contribution in [0.25, 0.3) is 0 Å². The van der Waals surface area contributed by atoms with Gasteiger partial charge in [0.05, 0.1) is 5.60 Å².